The summed E-state index contributed by atoms with van der Waals surface area (Å²) < 4.78 is 15.7. The van der Waals surface area contributed by atoms with Crippen LogP contribution in [0.3, 0.4) is 0 Å². The van der Waals surface area contributed by atoms with Crippen molar-refractivity contribution in [3.05, 3.63) is 0 Å². The highest BCUT2D eigenvalue weighted by molar-refractivity contribution is 5.68. The molecular formula is C17H34N2O4. The van der Waals surface area contributed by atoms with Crippen LogP contribution in [0.15, 0.2) is 0 Å². The van der Waals surface area contributed by atoms with Gasteiger partial charge in [-0.15, -0.1) is 0 Å². The van der Waals surface area contributed by atoms with Crippen molar-refractivity contribution in [3.8, 4) is 0 Å². The molecule has 2 N–H and O–H groups in total. The molecule has 0 radical (unpaired) electrons. The Balaban J connectivity index is 2.13. The van der Waals surface area contributed by atoms with Gasteiger partial charge in [0, 0.05) is 25.8 Å². The Kier molecular flexibility index (Phi) is 9.52. The van der Waals surface area contributed by atoms with Crippen LogP contribution in [0.2, 0.25) is 0 Å². The van der Waals surface area contributed by atoms with Gasteiger partial charge in [0.2, 0.25) is 0 Å². The Bertz CT molecular complexity index is 331. The number of alkyl carbamates (subject to hydrolysis) is 1. The van der Waals surface area contributed by atoms with Gasteiger partial charge in [0.15, 0.2) is 0 Å². The van der Waals surface area contributed by atoms with Crippen LogP contribution in [0.4, 0.5) is 4.79 Å². The van der Waals surface area contributed by atoms with Gasteiger partial charge >= 0.3 is 6.09 Å². The molecule has 6 nitrogen and oxygen atoms in total. The van der Waals surface area contributed by atoms with Crippen molar-refractivity contribution in [2.75, 3.05) is 33.5 Å². The molecule has 1 aliphatic carbocycles. The first kappa shape index (κ1) is 20.2. The van der Waals surface area contributed by atoms with Gasteiger partial charge < -0.3 is 24.8 Å². The van der Waals surface area contributed by atoms with E-state index >= 15 is 0 Å². The lowest BCUT2D eigenvalue weighted by molar-refractivity contribution is 0.0488. The Hall–Kier alpha value is -0.850. The van der Waals surface area contributed by atoms with Crippen molar-refractivity contribution < 1.29 is 19.0 Å². The van der Waals surface area contributed by atoms with E-state index in [2.05, 4.69) is 10.6 Å². The van der Waals surface area contributed by atoms with Crippen LogP contribution in [0.1, 0.15) is 52.9 Å². The fraction of sp³-hybridized carbons (Fsp3) is 0.941. The maximum Gasteiger partial charge on any atom is 0.407 e. The van der Waals surface area contributed by atoms with Crippen LogP contribution in [-0.2, 0) is 14.2 Å². The van der Waals surface area contributed by atoms with Gasteiger partial charge in [-0.05, 0) is 59.4 Å². The Morgan fingerprint density at radius 1 is 1.13 bits per heavy atom. The summed E-state index contributed by atoms with van der Waals surface area (Å²) in [6, 6.07) is 0.664. The minimum Gasteiger partial charge on any atom is -0.444 e. The standard InChI is InChI=1S/C17H34N2O4/c1-17(2,3)23-16(20)19-15-8-5-7-14(13-15)18-9-6-10-22-12-11-21-4/h14-15,18H,5-13H2,1-4H3,(H,19,20). The molecule has 0 bridgehead atoms. The quantitative estimate of drug-likeness (QED) is 0.636. The average molecular weight is 330 g/mol. The van der Waals surface area contributed by atoms with Crippen LogP contribution in [0, 0.1) is 0 Å². The fourth-order valence-corrected chi connectivity index (χ4v) is 2.71. The molecule has 1 saturated carbocycles. The van der Waals surface area contributed by atoms with E-state index in [1.165, 1.54) is 0 Å². The van der Waals surface area contributed by atoms with E-state index in [0.717, 1.165) is 45.3 Å². The maximum absolute atomic E-state index is 11.8. The summed E-state index contributed by atoms with van der Waals surface area (Å²) in [5.41, 5.74) is -0.445. The molecule has 0 aliphatic heterocycles. The zero-order valence-electron chi connectivity index (χ0n) is 15.2. The highest BCUT2D eigenvalue weighted by Crippen LogP contribution is 2.19. The largest absolute Gasteiger partial charge is 0.444 e. The maximum atomic E-state index is 11.8. The summed E-state index contributed by atoms with van der Waals surface area (Å²) in [4.78, 5) is 11.8. The Labute approximate surface area is 140 Å². The van der Waals surface area contributed by atoms with Crippen LogP contribution < -0.4 is 10.6 Å². The number of ether oxygens (including phenoxy) is 3. The second-order valence-electron chi connectivity index (χ2n) is 7.12. The minimum atomic E-state index is -0.445. The lowest BCUT2D eigenvalue weighted by Crippen LogP contribution is -2.45. The number of hydrogen-bond acceptors (Lipinski definition) is 5. The molecule has 0 aromatic rings. The number of nitrogens with one attached hydrogen (secondary N) is 2. The third-order valence-electron chi connectivity index (χ3n) is 3.73. The number of methoxy groups -OCH3 is 1. The zero-order valence-corrected chi connectivity index (χ0v) is 15.2. The summed E-state index contributed by atoms with van der Waals surface area (Å²) in [5, 5.41) is 6.55. The van der Waals surface area contributed by atoms with Gasteiger partial charge in [0.1, 0.15) is 5.60 Å². The first-order chi connectivity index (χ1) is 10.9. The highest BCUT2D eigenvalue weighted by Gasteiger charge is 2.25. The highest BCUT2D eigenvalue weighted by atomic mass is 16.6. The second kappa shape index (κ2) is 10.8. The topological polar surface area (TPSA) is 68.8 Å². The first-order valence-corrected chi connectivity index (χ1v) is 8.70. The van der Waals surface area contributed by atoms with Crippen LogP contribution in [-0.4, -0.2) is 57.3 Å². The molecule has 136 valence electrons. The molecule has 1 rings (SSSR count). The molecule has 2 atom stereocenters. The minimum absolute atomic E-state index is 0.203. The van der Waals surface area contributed by atoms with Crippen molar-refractivity contribution in [3.63, 3.8) is 0 Å². The summed E-state index contributed by atoms with van der Waals surface area (Å²) in [7, 11) is 1.68. The Morgan fingerprint density at radius 2 is 1.87 bits per heavy atom. The van der Waals surface area contributed by atoms with Crippen LogP contribution >= 0.6 is 0 Å². The van der Waals surface area contributed by atoms with Crippen molar-refractivity contribution in [2.24, 2.45) is 0 Å². The molecule has 2 unspecified atom stereocenters. The third kappa shape index (κ3) is 10.5. The van der Waals surface area contributed by atoms with Gasteiger partial charge in [0.05, 0.1) is 13.2 Å². The monoisotopic (exact) mass is 330 g/mol. The number of amides is 1. The van der Waals surface area contributed by atoms with E-state index in [1.54, 1.807) is 7.11 Å². The molecule has 1 amide bonds. The number of carbonyl (C=O) groups excluding carboxylic acids is 1. The fourth-order valence-electron chi connectivity index (χ4n) is 2.71. The lowest BCUT2D eigenvalue weighted by Gasteiger charge is -2.31. The van der Waals surface area contributed by atoms with E-state index in [1.807, 2.05) is 20.8 Å². The zero-order chi connectivity index (χ0) is 17.1. The molecule has 0 saturated heterocycles. The number of hydrogen-bond donors (Lipinski definition) is 2. The van der Waals surface area contributed by atoms with Crippen molar-refractivity contribution >= 4 is 6.09 Å². The molecule has 1 fully saturated rings. The summed E-state index contributed by atoms with van der Waals surface area (Å²) in [6.45, 7) is 8.64. The normalized spacial score (nSPS) is 21.9. The molecular weight excluding hydrogens is 296 g/mol. The average Bonchev–Trinajstić information content (AvgIpc) is 2.44. The molecule has 1 aliphatic rings. The molecule has 0 aromatic carbocycles. The predicted octanol–water partition coefficient (Wildman–Crippen LogP) is 2.46. The van der Waals surface area contributed by atoms with E-state index in [9.17, 15) is 4.79 Å². The molecule has 0 spiro atoms. The Morgan fingerprint density at radius 3 is 2.57 bits per heavy atom. The van der Waals surface area contributed by atoms with E-state index in [0.29, 0.717) is 19.3 Å². The van der Waals surface area contributed by atoms with Crippen molar-refractivity contribution in [1.82, 2.24) is 10.6 Å². The van der Waals surface area contributed by atoms with Gasteiger partial charge in [-0.25, -0.2) is 4.79 Å². The molecule has 0 heterocycles. The summed E-state index contributed by atoms with van der Waals surface area (Å²) >= 11 is 0. The summed E-state index contributed by atoms with van der Waals surface area (Å²) in [5.74, 6) is 0. The van der Waals surface area contributed by atoms with E-state index in [4.69, 9.17) is 14.2 Å². The molecule has 0 aromatic heterocycles. The molecule has 23 heavy (non-hydrogen) atoms. The third-order valence-corrected chi connectivity index (χ3v) is 3.73. The number of rotatable bonds is 9. The summed E-state index contributed by atoms with van der Waals surface area (Å²) in [6.07, 6.45) is 4.96. The smallest absolute Gasteiger partial charge is 0.407 e. The predicted molar refractivity (Wildman–Crippen MR) is 90.7 cm³/mol. The van der Waals surface area contributed by atoms with Gasteiger partial charge in [-0.3, -0.25) is 0 Å². The first-order valence-electron chi connectivity index (χ1n) is 8.70. The van der Waals surface area contributed by atoms with Gasteiger partial charge in [0.25, 0.3) is 0 Å². The van der Waals surface area contributed by atoms with Gasteiger partial charge in [-0.1, -0.05) is 0 Å². The number of carbonyl (C=O) groups is 1. The second-order valence-corrected chi connectivity index (χ2v) is 7.12. The van der Waals surface area contributed by atoms with Crippen LogP contribution in [0.5, 0.6) is 0 Å². The SMILES string of the molecule is COCCOCCCNC1CCCC(NC(=O)OC(C)(C)C)C1. The van der Waals surface area contributed by atoms with Crippen molar-refractivity contribution in [2.45, 2.75) is 70.6 Å². The van der Waals surface area contributed by atoms with E-state index < -0.39 is 5.60 Å². The lowest BCUT2D eigenvalue weighted by atomic mass is 9.91. The van der Waals surface area contributed by atoms with Crippen LogP contribution in [0.25, 0.3) is 0 Å². The molecule has 6 heteroatoms. The van der Waals surface area contributed by atoms with Gasteiger partial charge in [-0.2, -0.15) is 0 Å². The van der Waals surface area contributed by atoms with E-state index in [-0.39, 0.29) is 12.1 Å². The van der Waals surface area contributed by atoms with Crippen molar-refractivity contribution in [1.29, 1.82) is 0 Å².